The number of likely N-dealkylation sites (tertiary alicyclic amines) is 1. The maximum absolute atomic E-state index is 12.1. The van der Waals surface area contributed by atoms with Gasteiger partial charge in [-0.15, -0.1) is 0 Å². The van der Waals surface area contributed by atoms with Gasteiger partial charge in [-0.3, -0.25) is 9.69 Å². The Kier molecular flexibility index (Phi) is 6.42. The number of furan rings is 1. The lowest BCUT2D eigenvalue weighted by Crippen LogP contribution is -2.40. The topological polar surface area (TPSA) is 54.7 Å². The minimum absolute atomic E-state index is 0.0368. The first-order chi connectivity index (χ1) is 11.0. The van der Waals surface area contributed by atoms with E-state index in [0.717, 1.165) is 31.2 Å². The molecule has 1 aliphatic rings. The molecule has 5 nitrogen and oxygen atoms in total. The molecule has 2 heterocycles. The molecule has 5 heteroatoms. The first-order valence-electron chi connectivity index (χ1n) is 8.22. The lowest BCUT2D eigenvalue weighted by molar-refractivity contribution is -0.122. The largest absolute Gasteiger partial charge is 0.466 e. The number of methoxy groups -OCH3 is 1. The first-order valence-corrected chi connectivity index (χ1v) is 8.22. The Balaban J connectivity index is 2.06. The van der Waals surface area contributed by atoms with Gasteiger partial charge in [0.2, 0.25) is 5.91 Å². The maximum Gasteiger partial charge on any atom is 0.222 e. The molecular weight excluding hydrogens is 292 g/mol. The molecule has 1 saturated heterocycles. The van der Waals surface area contributed by atoms with Crippen LogP contribution in [0.2, 0.25) is 0 Å². The quantitative estimate of drug-likeness (QED) is 0.784. The maximum atomic E-state index is 12.1. The van der Waals surface area contributed by atoms with E-state index in [1.54, 1.807) is 7.11 Å². The summed E-state index contributed by atoms with van der Waals surface area (Å²) in [5.41, 5.74) is 1.34. The molecule has 23 heavy (non-hydrogen) atoms. The summed E-state index contributed by atoms with van der Waals surface area (Å²) in [7, 11) is 1.61. The number of amides is 1. The van der Waals surface area contributed by atoms with E-state index in [2.05, 4.69) is 30.1 Å². The molecule has 1 aromatic rings. The minimum atomic E-state index is 0.0368. The van der Waals surface area contributed by atoms with Crippen LogP contribution in [0.3, 0.4) is 0 Å². The van der Waals surface area contributed by atoms with Gasteiger partial charge in [-0.1, -0.05) is 11.6 Å². The highest BCUT2D eigenvalue weighted by molar-refractivity contribution is 5.76. The number of carbonyl (C=O) groups is 1. The molecule has 0 spiro atoms. The average Bonchev–Trinajstić information content (AvgIpc) is 3.11. The fraction of sp³-hybridized carbons (Fsp3) is 0.611. The highest BCUT2D eigenvalue weighted by atomic mass is 16.5. The predicted octanol–water partition coefficient (Wildman–Crippen LogP) is 2.47. The Morgan fingerprint density at radius 2 is 2.26 bits per heavy atom. The van der Waals surface area contributed by atoms with E-state index in [1.807, 2.05) is 19.1 Å². The van der Waals surface area contributed by atoms with Crippen LogP contribution in [-0.2, 0) is 9.53 Å². The number of allylic oxidation sites excluding steroid dienone is 1. The number of rotatable bonds is 7. The number of hydrogen-bond donors (Lipinski definition) is 1. The van der Waals surface area contributed by atoms with Gasteiger partial charge >= 0.3 is 0 Å². The van der Waals surface area contributed by atoms with Crippen LogP contribution in [0, 0.1) is 6.92 Å². The van der Waals surface area contributed by atoms with E-state index >= 15 is 0 Å². The third kappa shape index (κ3) is 4.94. The monoisotopic (exact) mass is 320 g/mol. The van der Waals surface area contributed by atoms with Crippen LogP contribution in [0.25, 0.3) is 0 Å². The van der Waals surface area contributed by atoms with Crippen molar-refractivity contribution < 1.29 is 13.9 Å². The molecule has 1 aromatic heterocycles. The summed E-state index contributed by atoms with van der Waals surface area (Å²) in [5.74, 6) is 2.10. The molecule has 1 fully saturated rings. The number of nitrogens with zero attached hydrogens (tertiary/aromatic N) is 1. The van der Waals surface area contributed by atoms with Crippen LogP contribution in [0.15, 0.2) is 28.2 Å². The Bertz CT molecular complexity index is 550. The Morgan fingerprint density at radius 1 is 1.48 bits per heavy atom. The number of aryl methyl sites for hydroxylation is 1. The van der Waals surface area contributed by atoms with Gasteiger partial charge in [0.05, 0.1) is 18.6 Å². The normalized spacial score (nSPS) is 22.5. The van der Waals surface area contributed by atoms with Crippen LogP contribution in [0.1, 0.15) is 37.7 Å². The van der Waals surface area contributed by atoms with E-state index in [0.29, 0.717) is 13.0 Å². The van der Waals surface area contributed by atoms with Crippen molar-refractivity contribution in [2.45, 2.75) is 39.2 Å². The predicted molar refractivity (Wildman–Crippen MR) is 90.5 cm³/mol. The standard InChI is InChI=1S/C18H28N2O3/c1-5-13(2)10-20-11-15(17-7-6-14(3)23-17)16(12-20)19-18(21)8-9-22-4/h5-7,15-16H,8-12H2,1-4H3,(H,19,21)/b13-5+/t15-,16-/m1/s1. The van der Waals surface area contributed by atoms with Gasteiger partial charge in [-0.25, -0.2) is 0 Å². The Labute approximate surface area is 138 Å². The van der Waals surface area contributed by atoms with Gasteiger partial charge in [0.1, 0.15) is 11.5 Å². The lowest BCUT2D eigenvalue weighted by Gasteiger charge is -2.18. The van der Waals surface area contributed by atoms with Crippen LogP contribution >= 0.6 is 0 Å². The second kappa shape index (κ2) is 8.31. The summed E-state index contributed by atoms with van der Waals surface area (Å²) in [6.45, 7) is 9.26. The van der Waals surface area contributed by atoms with Crippen molar-refractivity contribution in [3.05, 3.63) is 35.3 Å². The second-order valence-electron chi connectivity index (χ2n) is 6.30. The molecule has 0 aromatic carbocycles. The van der Waals surface area contributed by atoms with E-state index in [-0.39, 0.29) is 17.9 Å². The van der Waals surface area contributed by atoms with Crippen LogP contribution in [0.5, 0.6) is 0 Å². The lowest BCUT2D eigenvalue weighted by atomic mass is 10.0. The molecule has 128 valence electrons. The highest BCUT2D eigenvalue weighted by Crippen LogP contribution is 2.29. The van der Waals surface area contributed by atoms with Crippen molar-refractivity contribution in [2.75, 3.05) is 33.4 Å². The van der Waals surface area contributed by atoms with Crippen LogP contribution < -0.4 is 5.32 Å². The van der Waals surface area contributed by atoms with Crippen molar-refractivity contribution in [3.63, 3.8) is 0 Å². The number of hydrogen-bond acceptors (Lipinski definition) is 4. The summed E-state index contributed by atoms with van der Waals surface area (Å²) in [6.07, 6.45) is 2.53. The van der Waals surface area contributed by atoms with E-state index in [1.165, 1.54) is 5.57 Å². The summed E-state index contributed by atoms with van der Waals surface area (Å²) < 4.78 is 10.8. The molecule has 1 N–H and O–H groups in total. The minimum Gasteiger partial charge on any atom is -0.466 e. The van der Waals surface area contributed by atoms with Crippen molar-refractivity contribution in [1.82, 2.24) is 10.2 Å². The van der Waals surface area contributed by atoms with Crippen molar-refractivity contribution in [3.8, 4) is 0 Å². The zero-order chi connectivity index (χ0) is 16.8. The zero-order valence-corrected chi connectivity index (χ0v) is 14.6. The molecular formula is C18H28N2O3. The SMILES string of the molecule is C/C=C(\C)CN1C[C@@H](NC(=O)CCOC)[C@H](c2ccc(C)o2)C1. The third-order valence-corrected chi connectivity index (χ3v) is 4.37. The van der Waals surface area contributed by atoms with Gasteiger partial charge in [0, 0.05) is 33.2 Å². The molecule has 1 aliphatic heterocycles. The summed E-state index contributed by atoms with van der Waals surface area (Å²) >= 11 is 0. The van der Waals surface area contributed by atoms with Gasteiger partial charge < -0.3 is 14.5 Å². The summed E-state index contributed by atoms with van der Waals surface area (Å²) in [6, 6.07) is 4.09. The van der Waals surface area contributed by atoms with E-state index < -0.39 is 0 Å². The fourth-order valence-electron chi connectivity index (χ4n) is 3.02. The molecule has 0 aliphatic carbocycles. The first kappa shape index (κ1) is 17.8. The van der Waals surface area contributed by atoms with Crippen LogP contribution in [0.4, 0.5) is 0 Å². The van der Waals surface area contributed by atoms with Crippen molar-refractivity contribution in [2.24, 2.45) is 0 Å². The molecule has 0 unspecified atom stereocenters. The van der Waals surface area contributed by atoms with Crippen molar-refractivity contribution >= 4 is 5.91 Å². The van der Waals surface area contributed by atoms with Crippen LogP contribution in [-0.4, -0.2) is 50.2 Å². The summed E-state index contributed by atoms with van der Waals surface area (Å²) in [4.78, 5) is 14.4. The highest BCUT2D eigenvalue weighted by Gasteiger charge is 2.36. The average molecular weight is 320 g/mol. The molecule has 2 rings (SSSR count). The van der Waals surface area contributed by atoms with E-state index in [9.17, 15) is 4.79 Å². The Hall–Kier alpha value is -1.59. The third-order valence-electron chi connectivity index (χ3n) is 4.37. The summed E-state index contributed by atoms with van der Waals surface area (Å²) in [5, 5.41) is 3.15. The molecule has 0 saturated carbocycles. The fourth-order valence-corrected chi connectivity index (χ4v) is 3.02. The molecule has 2 atom stereocenters. The van der Waals surface area contributed by atoms with E-state index in [4.69, 9.17) is 9.15 Å². The zero-order valence-electron chi connectivity index (χ0n) is 14.6. The second-order valence-corrected chi connectivity index (χ2v) is 6.30. The van der Waals surface area contributed by atoms with Gasteiger partial charge in [0.25, 0.3) is 0 Å². The molecule has 0 radical (unpaired) electrons. The van der Waals surface area contributed by atoms with Crippen molar-refractivity contribution in [1.29, 1.82) is 0 Å². The number of ether oxygens (including phenoxy) is 1. The smallest absolute Gasteiger partial charge is 0.222 e. The number of nitrogens with one attached hydrogen (secondary N) is 1. The van der Waals surface area contributed by atoms with Gasteiger partial charge in [-0.2, -0.15) is 0 Å². The Morgan fingerprint density at radius 3 is 2.87 bits per heavy atom. The van der Waals surface area contributed by atoms with Gasteiger partial charge in [0.15, 0.2) is 0 Å². The van der Waals surface area contributed by atoms with Gasteiger partial charge in [-0.05, 0) is 32.9 Å². The molecule has 1 amide bonds. The number of carbonyl (C=O) groups excluding carboxylic acids is 1. The molecule has 0 bridgehead atoms.